The Kier molecular flexibility index (Phi) is 13.6. The van der Waals surface area contributed by atoms with Crippen molar-refractivity contribution < 1.29 is 0 Å². The molecule has 16 heavy (non-hydrogen) atoms. The minimum atomic E-state index is 1.02. The third-order valence-corrected chi connectivity index (χ3v) is 2.74. The standard InChI is InChI=1S/C16H27/c1-3-5-7-9-11-13-15-16-14-12-10-8-6-4-2/h1,5,11,13H,4,6-10,12,14-16H2,2H3. The Morgan fingerprint density at radius 3 is 2.12 bits per heavy atom. The summed E-state index contributed by atoms with van der Waals surface area (Å²) in [5.74, 6) is 0. The van der Waals surface area contributed by atoms with E-state index in [0.29, 0.717) is 0 Å². The average Bonchev–Trinajstić information content (AvgIpc) is 2.31. The van der Waals surface area contributed by atoms with Gasteiger partial charge in [-0.3, -0.25) is 0 Å². The molecule has 0 aliphatic rings. The van der Waals surface area contributed by atoms with Crippen LogP contribution in [-0.2, 0) is 0 Å². The molecule has 0 N–H and O–H groups in total. The molecule has 0 aliphatic carbocycles. The molecule has 0 fully saturated rings. The minimum Gasteiger partial charge on any atom is -0.125 e. The molecule has 0 nitrogen and oxygen atoms in total. The predicted octanol–water partition coefficient (Wildman–Crippen LogP) is 5.61. The van der Waals surface area contributed by atoms with E-state index in [1.165, 1.54) is 51.4 Å². The monoisotopic (exact) mass is 219 g/mol. The predicted molar refractivity (Wildman–Crippen MR) is 73.4 cm³/mol. The first-order valence-electron chi connectivity index (χ1n) is 6.84. The fourth-order valence-corrected chi connectivity index (χ4v) is 1.72. The van der Waals surface area contributed by atoms with Gasteiger partial charge in [-0.2, -0.15) is 0 Å². The molecule has 0 aromatic carbocycles. The summed E-state index contributed by atoms with van der Waals surface area (Å²) in [5.41, 5.74) is 2.54. The zero-order valence-electron chi connectivity index (χ0n) is 10.9. The first kappa shape index (κ1) is 15.3. The molecule has 0 aromatic heterocycles. The molecule has 0 saturated carbocycles. The first-order chi connectivity index (χ1) is 7.91. The van der Waals surface area contributed by atoms with Gasteiger partial charge in [0.2, 0.25) is 0 Å². The van der Waals surface area contributed by atoms with Crippen LogP contribution in [0.2, 0.25) is 0 Å². The van der Waals surface area contributed by atoms with E-state index >= 15 is 0 Å². The summed E-state index contributed by atoms with van der Waals surface area (Å²) in [4.78, 5) is 0. The molecule has 91 valence electrons. The van der Waals surface area contributed by atoms with Gasteiger partial charge >= 0.3 is 0 Å². The maximum Gasteiger partial charge on any atom is -0.0126 e. The Balaban J connectivity index is 3.05. The molecule has 0 heterocycles. The van der Waals surface area contributed by atoms with Gasteiger partial charge in [-0.05, 0) is 38.3 Å². The van der Waals surface area contributed by atoms with Crippen molar-refractivity contribution in [3.63, 3.8) is 0 Å². The molecule has 0 aromatic rings. The van der Waals surface area contributed by atoms with Crippen LogP contribution in [0.25, 0.3) is 0 Å². The van der Waals surface area contributed by atoms with Gasteiger partial charge < -0.3 is 0 Å². The van der Waals surface area contributed by atoms with Crippen LogP contribution in [0.3, 0.4) is 0 Å². The normalized spacial score (nSPS) is 10.6. The number of hydrogen-bond donors (Lipinski definition) is 0. The summed E-state index contributed by atoms with van der Waals surface area (Å²) >= 11 is 0. The van der Waals surface area contributed by atoms with Gasteiger partial charge in [0.05, 0.1) is 0 Å². The van der Waals surface area contributed by atoms with Gasteiger partial charge in [-0.1, -0.05) is 57.6 Å². The van der Waals surface area contributed by atoms with Crippen LogP contribution in [0.15, 0.2) is 24.0 Å². The SMILES string of the molecule is [CH]=C=CCCC=CCCCCCCCCC. The second kappa shape index (κ2) is 14.3. The van der Waals surface area contributed by atoms with Crippen molar-refractivity contribution in [2.75, 3.05) is 0 Å². The molecule has 0 atom stereocenters. The molecule has 0 saturated heterocycles. The largest absolute Gasteiger partial charge is 0.125 e. The highest BCUT2D eigenvalue weighted by atomic mass is 13.9. The summed E-state index contributed by atoms with van der Waals surface area (Å²) < 4.78 is 0. The average molecular weight is 219 g/mol. The van der Waals surface area contributed by atoms with E-state index in [-0.39, 0.29) is 0 Å². The van der Waals surface area contributed by atoms with Gasteiger partial charge in [0.25, 0.3) is 0 Å². The van der Waals surface area contributed by atoms with Crippen molar-refractivity contribution in [1.82, 2.24) is 0 Å². The Bertz CT molecular complexity index is 194. The zero-order valence-corrected chi connectivity index (χ0v) is 10.9. The molecule has 0 unspecified atom stereocenters. The van der Waals surface area contributed by atoms with E-state index in [1.54, 1.807) is 0 Å². The Morgan fingerprint density at radius 1 is 0.812 bits per heavy atom. The summed E-state index contributed by atoms with van der Waals surface area (Å²) in [6.07, 6.45) is 19.6. The third-order valence-electron chi connectivity index (χ3n) is 2.74. The lowest BCUT2D eigenvalue weighted by molar-refractivity contribution is 0.592. The highest BCUT2D eigenvalue weighted by Gasteiger charge is 1.89. The molecular weight excluding hydrogens is 192 g/mol. The van der Waals surface area contributed by atoms with Crippen molar-refractivity contribution >= 4 is 0 Å². The van der Waals surface area contributed by atoms with Crippen LogP contribution in [0.4, 0.5) is 0 Å². The van der Waals surface area contributed by atoms with E-state index < -0.39 is 0 Å². The summed E-state index contributed by atoms with van der Waals surface area (Å²) in [5, 5.41) is 0. The Morgan fingerprint density at radius 2 is 1.44 bits per heavy atom. The summed E-state index contributed by atoms with van der Waals surface area (Å²) in [6.45, 7) is 7.40. The van der Waals surface area contributed by atoms with Crippen LogP contribution in [-0.4, -0.2) is 0 Å². The van der Waals surface area contributed by atoms with E-state index in [9.17, 15) is 0 Å². The van der Waals surface area contributed by atoms with E-state index in [4.69, 9.17) is 6.58 Å². The maximum atomic E-state index is 5.13. The Hall–Kier alpha value is -0.740. The van der Waals surface area contributed by atoms with Crippen molar-refractivity contribution in [3.8, 4) is 0 Å². The van der Waals surface area contributed by atoms with Crippen LogP contribution in [0.5, 0.6) is 0 Å². The highest BCUT2D eigenvalue weighted by molar-refractivity contribution is 4.85. The van der Waals surface area contributed by atoms with Crippen molar-refractivity contribution in [3.05, 3.63) is 30.5 Å². The molecule has 0 heteroatoms. The van der Waals surface area contributed by atoms with Crippen LogP contribution >= 0.6 is 0 Å². The summed E-state index contributed by atoms with van der Waals surface area (Å²) in [7, 11) is 0. The fourth-order valence-electron chi connectivity index (χ4n) is 1.72. The van der Waals surface area contributed by atoms with E-state index in [0.717, 1.165) is 12.8 Å². The first-order valence-corrected chi connectivity index (χ1v) is 6.84. The maximum absolute atomic E-state index is 5.13. The topological polar surface area (TPSA) is 0 Å². The molecule has 0 spiro atoms. The van der Waals surface area contributed by atoms with Crippen molar-refractivity contribution in [2.45, 2.75) is 71.1 Å². The third kappa shape index (κ3) is 13.3. The minimum absolute atomic E-state index is 1.02. The fraction of sp³-hybridized carbons (Fsp3) is 0.688. The molecule has 0 rings (SSSR count). The van der Waals surface area contributed by atoms with Gasteiger partial charge in [-0.25, -0.2) is 0 Å². The number of hydrogen-bond acceptors (Lipinski definition) is 0. The highest BCUT2D eigenvalue weighted by Crippen LogP contribution is 2.08. The number of allylic oxidation sites excluding steroid dienone is 3. The molecule has 0 amide bonds. The smallest absolute Gasteiger partial charge is 0.0126 e. The van der Waals surface area contributed by atoms with Gasteiger partial charge in [0.15, 0.2) is 0 Å². The molecule has 0 bridgehead atoms. The summed E-state index contributed by atoms with van der Waals surface area (Å²) in [6, 6.07) is 0. The number of unbranched alkanes of at least 4 members (excludes halogenated alkanes) is 8. The Labute approximate surface area is 102 Å². The molecule has 0 aliphatic heterocycles. The van der Waals surface area contributed by atoms with Gasteiger partial charge in [0.1, 0.15) is 0 Å². The van der Waals surface area contributed by atoms with E-state index in [2.05, 4.69) is 24.8 Å². The zero-order chi connectivity index (χ0) is 11.9. The van der Waals surface area contributed by atoms with Crippen LogP contribution in [0.1, 0.15) is 71.1 Å². The van der Waals surface area contributed by atoms with Crippen LogP contribution < -0.4 is 0 Å². The lowest BCUT2D eigenvalue weighted by atomic mass is 10.1. The van der Waals surface area contributed by atoms with Crippen LogP contribution in [0, 0.1) is 6.58 Å². The van der Waals surface area contributed by atoms with Crippen molar-refractivity contribution in [2.24, 2.45) is 0 Å². The van der Waals surface area contributed by atoms with Gasteiger partial charge in [-0.15, -0.1) is 5.73 Å². The molecular formula is C16H27. The lowest BCUT2D eigenvalue weighted by Gasteiger charge is -1.98. The van der Waals surface area contributed by atoms with Crippen molar-refractivity contribution in [1.29, 1.82) is 0 Å². The second-order valence-corrected chi connectivity index (χ2v) is 4.33. The number of rotatable bonds is 11. The lowest BCUT2D eigenvalue weighted by Crippen LogP contribution is -1.78. The second-order valence-electron chi connectivity index (χ2n) is 4.33. The van der Waals surface area contributed by atoms with Gasteiger partial charge in [0, 0.05) is 0 Å². The quantitative estimate of drug-likeness (QED) is 0.241. The molecule has 1 radical (unpaired) electrons. The van der Waals surface area contributed by atoms with E-state index in [1.807, 2.05) is 6.08 Å².